The van der Waals surface area contributed by atoms with Crippen molar-refractivity contribution in [1.29, 1.82) is 0 Å². The van der Waals surface area contributed by atoms with Crippen molar-refractivity contribution in [3.8, 4) is 11.5 Å². The highest BCUT2D eigenvalue weighted by Gasteiger charge is 2.10. The molecule has 144 valence electrons. The van der Waals surface area contributed by atoms with Crippen molar-refractivity contribution >= 4 is 29.4 Å². The van der Waals surface area contributed by atoms with Crippen molar-refractivity contribution in [2.24, 2.45) is 5.10 Å². The average molecular weight is 390 g/mol. The number of rotatable bonds is 8. The van der Waals surface area contributed by atoms with Crippen molar-refractivity contribution in [1.82, 2.24) is 4.90 Å². The second kappa shape index (κ2) is 9.83. The molecule has 0 fully saturated rings. The van der Waals surface area contributed by atoms with Gasteiger partial charge in [0, 0.05) is 19.1 Å². The van der Waals surface area contributed by atoms with Gasteiger partial charge in [-0.25, -0.2) is 0 Å². The van der Waals surface area contributed by atoms with Crippen molar-refractivity contribution in [3.63, 3.8) is 0 Å². The Bertz CT molecular complexity index is 822. The zero-order valence-corrected chi connectivity index (χ0v) is 16.7. The lowest BCUT2D eigenvalue weighted by atomic mass is 10.2. The van der Waals surface area contributed by atoms with Gasteiger partial charge < -0.3 is 14.4 Å². The Morgan fingerprint density at radius 1 is 1.19 bits per heavy atom. The summed E-state index contributed by atoms with van der Waals surface area (Å²) in [6.07, 6.45) is 1.67. The van der Waals surface area contributed by atoms with Crippen LogP contribution in [0.25, 0.3) is 0 Å². The van der Waals surface area contributed by atoms with Crippen LogP contribution in [0.2, 0.25) is 5.02 Å². The predicted molar refractivity (Wildman–Crippen MR) is 109 cm³/mol. The van der Waals surface area contributed by atoms with E-state index in [9.17, 15) is 4.79 Å². The molecule has 2 aromatic rings. The minimum absolute atomic E-state index is 0.0454. The molecule has 0 atom stereocenters. The third kappa shape index (κ3) is 6.18. The Labute approximate surface area is 164 Å². The molecular weight excluding hydrogens is 366 g/mol. The van der Waals surface area contributed by atoms with Crippen LogP contribution in [0.4, 0.5) is 5.69 Å². The fourth-order valence-electron chi connectivity index (χ4n) is 2.10. The van der Waals surface area contributed by atoms with Gasteiger partial charge >= 0.3 is 0 Å². The van der Waals surface area contributed by atoms with E-state index < -0.39 is 0 Å². The van der Waals surface area contributed by atoms with E-state index in [4.69, 9.17) is 21.1 Å². The number of hydrogen-bond donors (Lipinski definition) is 1. The number of carbonyl (C=O) groups is 1. The lowest BCUT2D eigenvalue weighted by Gasteiger charge is -2.14. The zero-order valence-electron chi connectivity index (χ0n) is 16.0. The van der Waals surface area contributed by atoms with Gasteiger partial charge in [-0.05, 0) is 55.3 Å². The summed E-state index contributed by atoms with van der Waals surface area (Å²) in [5.74, 6) is 0.956. The van der Waals surface area contributed by atoms with Gasteiger partial charge in [-0.15, -0.1) is 0 Å². The molecule has 27 heavy (non-hydrogen) atoms. The minimum Gasteiger partial charge on any atom is -0.490 e. The van der Waals surface area contributed by atoms with Gasteiger partial charge in [0.1, 0.15) is 0 Å². The summed E-state index contributed by atoms with van der Waals surface area (Å²) in [5.41, 5.74) is 5.58. The molecule has 0 unspecified atom stereocenters. The molecule has 0 aliphatic rings. The molecule has 0 aliphatic carbocycles. The second-order valence-corrected chi connectivity index (χ2v) is 6.46. The third-order valence-corrected chi connectivity index (χ3v) is 4.10. The Hall–Kier alpha value is -2.73. The molecule has 0 saturated heterocycles. The van der Waals surface area contributed by atoms with E-state index >= 15 is 0 Å². The Kier molecular flexibility index (Phi) is 7.49. The molecule has 2 aromatic carbocycles. The second-order valence-electron chi connectivity index (χ2n) is 6.05. The molecule has 6 nitrogen and oxygen atoms in total. The molecule has 0 heterocycles. The first-order valence-corrected chi connectivity index (χ1v) is 8.93. The zero-order chi connectivity index (χ0) is 19.8. The normalized spacial score (nSPS) is 10.7. The monoisotopic (exact) mass is 389 g/mol. The summed E-state index contributed by atoms with van der Waals surface area (Å²) in [4.78, 5) is 13.2. The van der Waals surface area contributed by atoms with Gasteiger partial charge in [-0.2, -0.15) is 5.10 Å². The van der Waals surface area contributed by atoms with Gasteiger partial charge in [-0.1, -0.05) is 17.7 Å². The molecule has 1 N–H and O–H groups in total. The summed E-state index contributed by atoms with van der Waals surface area (Å²) in [5, 5.41) is 4.90. The highest BCUT2D eigenvalue weighted by atomic mass is 35.5. The average Bonchev–Trinajstić information content (AvgIpc) is 2.64. The summed E-state index contributed by atoms with van der Waals surface area (Å²) >= 11 is 6.10. The number of benzene rings is 2. The van der Waals surface area contributed by atoms with Crippen LogP contribution in [0.15, 0.2) is 41.5 Å². The number of nitrogens with one attached hydrogen (secondary N) is 1. The number of hydrogen-bond acceptors (Lipinski definition) is 5. The van der Waals surface area contributed by atoms with E-state index in [-0.39, 0.29) is 12.5 Å². The molecule has 0 radical (unpaired) electrons. The number of nitrogens with zero attached hydrogens (tertiary/aromatic N) is 2. The molecule has 7 heteroatoms. The Morgan fingerprint density at radius 3 is 2.63 bits per heavy atom. The van der Waals surface area contributed by atoms with Crippen LogP contribution in [0.1, 0.15) is 18.1 Å². The fourth-order valence-corrected chi connectivity index (χ4v) is 2.29. The number of halogens is 1. The van der Waals surface area contributed by atoms with E-state index in [2.05, 4.69) is 10.5 Å². The lowest BCUT2D eigenvalue weighted by Crippen LogP contribution is -2.27. The molecular formula is C20H24ClN3O3. The number of likely N-dealkylation sites (N-methyl/N-ethyl adjacent to an activating group) is 1. The van der Waals surface area contributed by atoms with Crippen LogP contribution < -0.4 is 14.9 Å². The van der Waals surface area contributed by atoms with Crippen LogP contribution >= 0.6 is 11.6 Å². The molecule has 0 bridgehead atoms. The van der Waals surface area contributed by atoms with Gasteiger partial charge in [0.2, 0.25) is 0 Å². The van der Waals surface area contributed by atoms with Crippen LogP contribution in [0.3, 0.4) is 0 Å². The lowest BCUT2D eigenvalue weighted by molar-refractivity contribution is -0.130. The number of aryl methyl sites for hydroxylation is 1. The Morgan fingerprint density at radius 2 is 1.96 bits per heavy atom. The van der Waals surface area contributed by atoms with Crippen molar-refractivity contribution in [3.05, 3.63) is 52.5 Å². The number of carbonyl (C=O) groups excluding carboxylic acids is 1. The summed E-state index contributed by atoms with van der Waals surface area (Å²) < 4.78 is 11.2. The summed E-state index contributed by atoms with van der Waals surface area (Å²) in [7, 11) is 3.37. The first-order chi connectivity index (χ1) is 12.9. The number of ether oxygens (including phenoxy) is 2. The van der Waals surface area contributed by atoms with E-state index in [0.29, 0.717) is 23.1 Å². The molecule has 0 aromatic heterocycles. The minimum atomic E-state index is -0.121. The summed E-state index contributed by atoms with van der Waals surface area (Å²) in [6.45, 7) is 4.27. The molecule has 0 saturated carbocycles. The number of anilines is 1. The largest absolute Gasteiger partial charge is 0.490 e. The summed E-state index contributed by atoms with van der Waals surface area (Å²) in [6, 6.07) is 11.1. The highest BCUT2D eigenvalue weighted by Crippen LogP contribution is 2.28. The standard InChI is InChI=1S/C20H24ClN3O3/c1-5-26-19-10-15(7-9-18(19)27-13-20(25)24(3)4)12-22-23-16-8-6-14(2)17(21)11-16/h6-12,23H,5,13H2,1-4H3/b22-12-. The smallest absolute Gasteiger partial charge is 0.259 e. The number of hydrazone groups is 1. The first kappa shape index (κ1) is 20.6. The predicted octanol–water partition coefficient (Wildman–Crippen LogP) is 3.96. The highest BCUT2D eigenvalue weighted by molar-refractivity contribution is 6.31. The molecule has 2 rings (SSSR count). The quantitative estimate of drug-likeness (QED) is 0.548. The van der Waals surface area contributed by atoms with E-state index in [0.717, 1.165) is 16.8 Å². The fraction of sp³-hybridized carbons (Fsp3) is 0.300. The number of amides is 1. The molecule has 0 spiro atoms. The van der Waals surface area contributed by atoms with Gasteiger partial charge in [0.05, 0.1) is 18.5 Å². The van der Waals surface area contributed by atoms with E-state index in [1.165, 1.54) is 4.90 Å². The van der Waals surface area contributed by atoms with Crippen LogP contribution in [-0.2, 0) is 4.79 Å². The first-order valence-electron chi connectivity index (χ1n) is 8.55. The maximum Gasteiger partial charge on any atom is 0.259 e. The van der Waals surface area contributed by atoms with Gasteiger partial charge in [-0.3, -0.25) is 10.2 Å². The third-order valence-electron chi connectivity index (χ3n) is 3.70. The molecule has 0 aliphatic heterocycles. The van der Waals surface area contributed by atoms with Gasteiger partial charge in [0.25, 0.3) is 5.91 Å². The maximum atomic E-state index is 11.7. The van der Waals surface area contributed by atoms with Crippen LogP contribution in [0.5, 0.6) is 11.5 Å². The van der Waals surface area contributed by atoms with Crippen LogP contribution in [0, 0.1) is 6.92 Å². The van der Waals surface area contributed by atoms with Crippen molar-refractivity contribution in [2.45, 2.75) is 13.8 Å². The molecule has 1 amide bonds. The van der Waals surface area contributed by atoms with E-state index in [1.807, 2.05) is 44.2 Å². The topological polar surface area (TPSA) is 63.2 Å². The van der Waals surface area contributed by atoms with Gasteiger partial charge in [0.15, 0.2) is 18.1 Å². The van der Waals surface area contributed by atoms with Crippen LogP contribution in [-0.4, -0.2) is 44.3 Å². The van der Waals surface area contributed by atoms with E-state index in [1.54, 1.807) is 26.4 Å². The maximum absolute atomic E-state index is 11.7. The van der Waals surface area contributed by atoms with Crippen molar-refractivity contribution in [2.75, 3.05) is 32.7 Å². The Balaban J connectivity index is 2.07. The SMILES string of the molecule is CCOc1cc(/C=N\Nc2ccc(C)c(Cl)c2)ccc1OCC(=O)N(C)C. The van der Waals surface area contributed by atoms with Crippen molar-refractivity contribution < 1.29 is 14.3 Å².